The van der Waals surface area contributed by atoms with E-state index in [0.29, 0.717) is 0 Å². The lowest BCUT2D eigenvalue weighted by molar-refractivity contribution is -0.385. The van der Waals surface area contributed by atoms with E-state index in [1.54, 1.807) is 0 Å². The molecule has 16 heavy (non-hydrogen) atoms. The van der Waals surface area contributed by atoms with Gasteiger partial charge in [0.1, 0.15) is 0 Å². The van der Waals surface area contributed by atoms with Crippen LogP contribution in [0.1, 0.15) is 10.4 Å². The maximum Gasteiger partial charge on any atom is 0.310 e. The number of hydrogen-bond acceptors (Lipinski definition) is 4. The molecular formula is C8H6N4O4. The van der Waals surface area contributed by atoms with Crippen molar-refractivity contribution in [3.8, 4) is 5.75 Å². The topological polar surface area (TPSA) is 118 Å². The van der Waals surface area contributed by atoms with Gasteiger partial charge in [0.2, 0.25) is 5.91 Å². The van der Waals surface area contributed by atoms with Crippen LogP contribution in [0.3, 0.4) is 0 Å². The van der Waals surface area contributed by atoms with Crippen LogP contribution in [-0.4, -0.2) is 17.9 Å². The van der Waals surface area contributed by atoms with E-state index in [2.05, 4.69) is 10.0 Å². The second kappa shape index (κ2) is 4.76. The van der Waals surface area contributed by atoms with Crippen molar-refractivity contribution in [1.29, 1.82) is 0 Å². The van der Waals surface area contributed by atoms with Crippen molar-refractivity contribution < 1.29 is 14.5 Å². The fourth-order valence-electron chi connectivity index (χ4n) is 1.06. The van der Waals surface area contributed by atoms with E-state index < -0.39 is 10.8 Å². The van der Waals surface area contributed by atoms with Crippen LogP contribution in [0.5, 0.6) is 5.75 Å². The lowest BCUT2D eigenvalue weighted by atomic mass is 10.2. The Morgan fingerprint density at radius 2 is 2.31 bits per heavy atom. The smallest absolute Gasteiger partial charge is 0.310 e. The molecule has 0 N–H and O–H groups in total. The predicted octanol–water partition coefficient (Wildman–Crippen LogP) is 2.05. The zero-order valence-electron chi connectivity index (χ0n) is 8.15. The summed E-state index contributed by atoms with van der Waals surface area (Å²) in [6.45, 7) is 0. The fourth-order valence-corrected chi connectivity index (χ4v) is 1.06. The third kappa shape index (κ3) is 2.25. The van der Waals surface area contributed by atoms with Crippen molar-refractivity contribution in [2.45, 2.75) is 0 Å². The van der Waals surface area contributed by atoms with Crippen LogP contribution in [0.25, 0.3) is 10.4 Å². The number of carbonyl (C=O) groups excluding carboxylic acids is 1. The molecule has 0 aliphatic carbocycles. The van der Waals surface area contributed by atoms with Gasteiger partial charge in [0.25, 0.3) is 0 Å². The van der Waals surface area contributed by atoms with E-state index in [1.807, 2.05) is 0 Å². The van der Waals surface area contributed by atoms with Crippen LogP contribution in [-0.2, 0) is 0 Å². The molecule has 8 heteroatoms. The largest absolute Gasteiger partial charge is 0.490 e. The molecule has 0 aliphatic rings. The van der Waals surface area contributed by atoms with E-state index in [4.69, 9.17) is 10.3 Å². The molecule has 1 rings (SSSR count). The van der Waals surface area contributed by atoms with Crippen LogP contribution in [0.15, 0.2) is 23.3 Å². The minimum Gasteiger partial charge on any atom is -0.490 e. The van der Waals surface area contributed by atoms with Gasteiger partial charge in [-0.25, -0.2) is 0 Å². The molecule has 8 nitrogen and oxygen atoms in total. The number of nitrogens with zero attached hydrogens (tertiary/aromatic N) is 4. The van der Waals surface area contributed by atoms with Crippen molar-refractivity contribution in [2.24, 2.45) is 5.11 Å². The van der Waals surface area contributed by atoms with Crippen molar-refractivity contribution in [2.75, 3.05) is 7.11 Å². The van der Waals surface area contributed by atoms with E-state index >= 15 is 0 Å². The molecule has 0 saturated carbocycles. The Kier molecular flexibility index (Phi) is 3.41. The second-order valence-electron chi connectivity index (χ2n) is 2.64. The number of nitro groups is 1. The lowest BCUT2D eigenvalue weighted by Crippen LogP contribution is -1.98. The molecule has 1 aromatic rings. The van der Waals surface area contributed by atoms with Gasteiger partial charge in [-0.1, -0.05) is 0 Å². The van der Waals surface area contributed by atoms with E-state index in [-0.39, 0.29) is 17.0 Å². The van der Waals surface area contributed by atoms with E-state index in [0.717, 1.165) is 12.1 Å². The Morgan fingerprint density at radius 1 is 1.62 bits per heavy atom. The molecule has 0 aliphatic heterocycles. The molecule has 0 bridgehead atoms. The van der Waals surface area contributed by atoms with Crippen molar-refractivity contribution in [3.05, 3.63) is 44.3 Å². The van der Waals surface area contributed by atoms with Crippen LogP contribution in [0.2, 0.25) is 0 Å². The Labute approximate surface area is 89.2 Å². The Balaban J connectivity index is 3.23. The first-order valence-electron chi connectivity index (χ1n) is 4.02. The number of methoxy groups -OCH3 is 1. The highest BCUT2D eigenvalue weighted by Gasteiger charge is 2.16. The molecule has 0 spiro atoms. The molecule has 1 aromatic carbocycles. The van der Waals surface area contributed by atoms with E-state index in [9.17, 15) is 14.9 Å². The highest BCUT2D eigenvalue weighted by atomic mass is 16.6. The summed E-state index contributed by atoms with van der Waals surface area (Å²) in [5.74, 6) is -0.889. The van der Waals surface area contributed by atoms with Crippen molar-refractivity contribution in [1.82, 2.24) is 0 Å². The van der Waals surface area contributed by atoms with Gasteiger partial charge < -0.3 is 4.74 Å². The molecule has 0 aromatic heterocycles. The molecule has 0 radical (unpaired) electrons. The van der Waals surface area contributed by atoms with Gasteiger partial charge in [-0.15, -0.1) is 0 Å². The van der Waals surface area contributed by atoms with Crippen molar-refractivity contribution in [3.63, 3.8) is 0 Å². The molecule has 1 amide bonds. The highest BCUT2D eigenvalue weighted by molar-refractivity contribution is 5.95. The van der Waals surface area contributed by atoms with Gasteiger partial charge in [0.05, 0.1) is 12.0 Å². The first-order chi connectivity index (χ1) is 7.60. The highest BCUT2D eigenvalue weighted by Crippen LogP contribution is 2.27. The predicted molar refractivity (Wildman–Crippen MR) is 53.1 cm³/mol. The maximum absolute atomic E-state index is 11.1. The summed E-state index contributed by atoms with van der Waals surface area (Å²) in [5, 5.41) is 13.4. The minimum absolute atomic E-state index is 0.0280. The number of hydrogen-bond donors (Lipinski definition) is 0. The third-order valence-corrected chi connectivity index (χ3v) is 1.76. The van der Waals surface area contributed by atoms with Crippen LogP contribution < -0.4 is 4.74 Å². The Morgan fingerprint density at radius 3 is 2.81 bits per heavy atom. The number of rotatable bonds is 3. The zero-order valence-corrected chi connectivity index (χ0v) is 8.15. The fraction of sp³-hybridized carbons (Fsp3) is 0.125. The number of nitro benzene ring substituents is 1. The molecule has 0 atom stereocenters. The Bertz CT molecular complexity index is 493. The molecule has 0 fully saturated rings. The van der Waals surface area contributed by atoms with E-state index in [1.165, 1.54) is 13.2 Å². The number of carbonyl (C=O) groups is 1. The first kappa shape index (κ1) is 11.5. The normalized spacial score (nSPS) is 9.06. The van der Waals surface area contributed by atoms with Gasteiger partial charge in [-0.05, 0) is 22.8 Å². The van der Waals surface area contributed by atoms with Gasteiger partial charge >= 0.3 is 5.69 Å². The summed E-state index contributed by atoms with van der Waals surface area (Å²) in [5.41, 5.74) is 7.83. The number of benzene rings is 1. The summed E-state index contributed by atoms with van der Waals surface area (Å²) >= 11 is 0. The molecular weight excluding hydrogens is 216 g/mol. The quantitative estimate of drug-likeness (QED) is 0.255. The third-order valence-electron chi connectivity index (χ3n) is 1.76. The molecule has 0 saturated heterocycles. The standard InChI is InChI=1S/C8H6N4O4/c1-16-7-4-5(8(13)10-11-9)2-3-6(7)12(14)15/h2-4H,1H3. The number of azide groups is 1. The SMILES string of the molecule is COc1cc(C(=O)N=[N+]=[N-])ccc1[N+](=O)[O-]. The van der Waals surface area contributed by atoms with Crippen LogP contribution in [0.4, 0.5) is 5.69 Å². The summed E-state index contributed by atoms with van der Waals surface area (Å²) in [4.78, 5) is 23.4. The average molecular weight is 222 g/mol. The van der Waals surface area contributed by atoms with Crippen LogP contribution in [0, 0.1) is 10.1 Å². The van der Waals surface area contributed by atoms with Gasteiger partial charge in [-0.3, -0.25) is 14.9 Å². The summed E-state index contributed by atoms with van der Waals surface area (Å²) in [7, 11) is 1.24. The monoisotopic (exact) mass is 222 g/mol. The van der Waals surface area contributed by atoms with Crippen molar-refractivity contribution >= 4 is 11.6 Å². The van der Waals surface area contributed by atoms with Gasteiger partial charge in [-0.2, -0.15) is 0 Å². The minimum atomic E-state index is -0.823. The van der Waals surface area contributed by atoms with Crippen LogP contribution >= 0.6 is 0 Å². The lowest BCUT2D eigenvalue weighted by Gasteiger charge is -2.02. The summed E-state index contributed by atoms with van der Waals surface area (Å²) in [6, 6.07) is 3.45. The zero-order chi connectivity index (χ0) is 12.1. The summed E-state index contributed by atoms with van der Waals surface area (Å²) < 4.78 is 4.75. The summed E-state index contributed by atoms with van der Waals surface area (Å²) in [6.07, 6.45) is 0. The van der Waals surface area contributed by atoms with Gasteiger partial charge in [0, 0.05) is 16.5 Å². The van der Waals surface area contributed by atoms with Gasteiger partial charge in [0.15, 0.2) is 5.75 Å². The average Bonchev–Trinajstić information content (AvgIpc) is 2.28. The number of amides is 1. The second-order valence-corrected chi connectivity index (χ2v) is 2.64. The Hall–Kier alpha value is -2.60. The molecule has 0 unspecified atom stereocenters. The first-order valence-corrected chi connectivity index (χ1v) is 4.02. The number of ether oxygens (including phenoxy) is 1. The molecule has 82 valence electrons. The maximum atomic E-state index is 11.1. The molecule has 0 heterocycles.